The molecule has 31 heavy (non-hydrogen) atoms. The Balaban J connectivity index is 2.66. The maximum absolute atomic E-state index is 13.0. The molecule has 9 nitrogen and oxygen atoms in total. The van der Waals surface area contributed by atoms with E-state index in [2.05, 4.69) is 5.32 Å². The first-order valence-electron chi connectivity index (χ1n) is 9.84. The summed E-state index contributed by atoms with van der Waals surface area (Å²) in [5.74, 6) is -0.817. The minimum absolute atomic E-state index is 0.139. The highest BCUT2D eigenvalue weighted by Gasteiger charge is 2.39. The molecule has 0 fully saturated rings. The number of dihydropyridines is 1. The van der Waals surface area contributed by atoms with Gasteiger partial charge in [-0.3, -0.25) is 10.1 Å². The first kappa shape index (κ1) is 24.4. The van der Waals surface area contributed by atoms with Gasteiger partial charge >= 0.3 is 11.9 Å². The van der Waals surface area contributed by atoms with Gasteiger partial charge in [0.1, 0.15) is 0 Å². The largest absolute Gasteiger partial charge is 0.466 e. The minimum Gasteiger partial charge on any atom is -0.466 e. The molecule has 1 atom stereocenters. The van der Waals surface area contributed by atoms with Crippen molar-refractivity contribution in [2.75, 3.05) is 31.8 Å². The van der Waals surface area contributed by atoms with Crippen molar-refractivity contribution in [1.29, 1.82) is 0 Å². The van der Waals surface area contributed by atoms with Crippen LogP contribution in [0.4, 0.5) is 5.69 Å². The molecule has 1 heterocycles. The van der Waals surface area contributed by atoms with Gasteiger partial charge in [0.15, 0.2) is 0 Å². The van der Waals surface area contributed by atoms with Crippen LogP contribution in [-0.2, 0) is 19.1 Å². The molecule has 3 N–H and O–H groups in total. The number of nitro benzene ring substituents is 1. The number of hydrogen-bond acceptors (Lipinski definition) is 9. The number of benzene rings is 1. The number of thioether (sulfide) groups is 1. The van der Waals surface area contributed by atoms with Gasteiger partial charge in [-0.2, -0.15) is 11.8 Å². The van der Waals surface area contributed by atoms with E-state index >= 15 is 0 Å². The molecule has 0 aliphatic carbocycles. The highest BCUT2D eigenvalue weighted by Crippen LogP contribution is 2.40. The lowest BCUT2D eigenvalue weighted by atomic mass is 9.80. The molecule has 0 saturated heterocycles. The lowest BCUT2D eigenvalue weighted by Gasteiger charge is -2.31. The lowest BCUT2D eigenvalue weighted by molar-refractivity contribution is -0.384. The second-order valence-corrected chi connectivity index (χ2v) is 7.85. The van der Waals surface area contributed by atoms with Crippen molar-refractivity contribution in [1.82, 2.24) is 5.32 Å². The molecule has 0 bridgehead atoms. The predicted molar refractivity (Wildman–Crippen MR) is 118 cm³/mol. The summed E-state index contributed by atoms with van der Waals surface area (Å²) >= 11 is 1.59. The first-order valence-corrected chi connectivity index (χ1v) is 11.0. The summed E-state index contributed by atoms with van der Waals surface area (Å²) in [6.07, 6.45) is 0.823. The average molecular weight is 450 g/mol. The molecule has 1 unspecified atom stereocenters. The number of carbonyl (C=O) groups is 2. The van der Waals surface area contributed by atoms with E-state index in [0.717, 1.165) is 12.2 Å². The molecule has 1 aliphatic heterocycles. The van der Waals surface area contributed by atoms with Crippen LogP contribution in [0.2, 0.25) is 0 Å². The number of ether oxygens (including phenoxy) is 2. The number of allylic oxidation sites excluding steroid dienone is 1. The van der Waals surface area contributed by atoms with Gasteiger partial charge in [-0.1, -0.05) is 12.1 Å². The third kappa shape index (κ3) is 5.86. The Labute approximate surface area is 185 Å². The molecule has 0 amide bonds. The van der Waals surface area contributed by atoms with Crippen molar-refractivity contribution < 1.29 is 24.0 Å². The van der Waals surface area contributed by atoms with Crippen LogP contribution in [0.15, 0.2) is 46.8 Å². The summed E-state index contributed by atoms with van der Waals surface area (Å²) in [4.78, 5) is 36.5. The maximum atomic E-state index is 13.0. The van der Waals surface area contributed by atoms with Crippen LogP contribution in [-0.4, -0.2) is 48.6 Å². The van der Waals surface area contributed by atoms with Crippen LogP contribution in [0.1, 0.15) is 31.7 Å². The Bertz CT molecular complexity index is 912. The number of esters is 2. The molecule has 10 heteroatoms. The summed E-state index contributed by atoms with van der Waals surface area (Å²) in [6.45, 7) is 4.11. The number of hydrogen-bond donors (Lipinski definition) is 2. The Kier molecular flexibility index (Phi) is 9.07. The highest BCUT2D eigenvalue weighted by molar-refractivity contribution is 7.99. The van der Waals surface area contributed by atoms with Crippen molar-refractivity contribution in [3.8, 4) is 0 Å². The fourth-order valence-corrected chi connectivity index (χ4v) is 4.30. The molecule has 0 saturated carbocycles. The van der Waals surface area contributed by atoms with E-state index in [1.807, 2.05) is 0 Å². The third-order valence-electron chi connectivity index (χ3n) is 4.70. The highest BCUT2D eigenvalue weighted by atomic mass is 32.2. The van der Waals surface area contributed by atoms with Crippen molar-refractivity contribution in [2.45, 2.75) is 26.2 Å². The van der Waals surface area contributed by atoms with E-state index in [-0.39, 0.29) is 23.4 Å². The van der Waals surface area contributed by atoms with Gasteiger partial charge in [0.2, 0.25) is 0 Å². The monoisotopic (exact) mass is 449 g/mol. The molecular formula is C21H27N3O6S. The summed E-state index contributed by atoms with van der Waals surface area (Å²) in [5.41, 5.74) is 7.43. The molecule has 1 aromatic rings. The fraction of sp³-hybridized carbons (Fsp3) is 0.429. The molecule has 168 valence electrons. The number of carbonyl (C=O) groups excluding carboxylic acids is 2. The van der Waals surface area contributed by atoms with Crippen LogP contribution in [0.3, 0.4) is 0 Å². The zero-order valence-electron chi connectivity index (χ0n) is 17.8. The van der Waals surface area contributed by atoms with E-state index in [1.54, 1.807) is 31.7 Å². The SMILES string of the molecule is CCOC(=O)C1=C(CSCCCN)NC(C)=C(C(=O)OC)C1c1cccc([N+](=O)[O-])c1. The van der Waals surface area contributed by atoms with Crippen molar-refractivity contribution in [2.24, 2.45) is 5.73 Å². The molecule has 0 radical (unpaired) electrons. The standard InChI is InChI=1S/C21H27N3O6S/c1-4-30-21(26)19-16(12-31-10-6-9-22)23-13(2)17(20(25)29-3)18(19)14-7-5-8-15(11-14)24(27)28/h5,7-8,11,18,23H,4,6,9-10,12,22H2,1-3H3. The van der Waals surface area contributed by atoms with Gasteiger partial charge in [-0.25, -0.2) is 9.59 Å². The van der Waals surface area contributed by atoms with Crippen LogP contribution in [0.5, 0.6) is 0 Å². The number of non-ortho nitro benzene ring substituents is 1. The number of nitrogens with one attached hydrogen (secondary N) is 1. The summed E-state index contributed by atoms with van der Waals surface area (Å²) < 4.78 is 10.3. The smallest absolute Gasteiger partial charge is 0.336 e. The molecule has 1 aliphatic rings. The number of methoxy groups -OCH3 is 1. The van der Waals surface area contributed by atoms with E-state index < -0.39 is 22.8 Å². The van der Waals surface area contributed by atoms with Gasteiger partial charge in [0.05, 0.1) is 35.7 Å². The van der Waals surface area contributed by atoms with Crippen molar-refractivity contribution in [3.05, 3.63) is 62.5 Å². The fourth-order valence-electron chi connectivity index (χ4n) is 3.35. The lowest BCUT2D eigenvalue weighted by Crippen LogP contribution is -2.34. The van der Waals surface area contributed by atoms with Gasteiger partial charge in [0, 0.05) is 29.3 Å². The quantitative estimate of drug-likeness (QED) is 0.239. The topological polar surface area (TPSA) is 134 Å². The van der Waals surface area contributed by atoms with Gasteiger partial charge in [0.25, 0.3) is 5.69 Å². The van der Waals surface area contributed by atoms with Crippen LogP contribution in [0.25, 0.3) is 0 Å². The van der Waals surface area contributed by atoms with Gasteiger partial charge < -0.3 is 20.5 Å². The van der Waals surface area contributed by atoms with E-state index in [9.17, 15) is 19.7 Å². The normalized spacial score (nSPS) is 16.1. The van der Waals surface area contributed by atoms with Crippen LogP contribution in [0, 0.1) is 10.1 Å². The maximum Gasteiger partial charge on any atom is 0.336 e. The third-order valence-corrected chi connectivity index (χ3v) is 5.77. The Hall–Kier alpha value is -2.85. The number of nitrogens with two attached hydrogens (primary N) is 1. The molecule has 0 aromatic heterocycles. The van der Waals surface area contributed by atoms with Crippen LogP contribution >= 0.6 is 11.8 Å². The molecule has 1 aromatic carbocycles. The van der Waals surface area contributed by atoms with E-state index in [1.165, 1.54) is 25.3 Å². The summed E-state index contributed by atoms with van der Waals surface area (Å²) in [6, 6.07) is 5.90. The first-order chi connectivity index (χ1) is 14.8. The number of nitrogens with zero attached hydrogens (tertiary/aromatic N) is 1. The molecular weight excluding hydrogens is 422 g/mol. The second-order valence-electron chi connectivity index (χ2n) is 6.75. The van der Waals surface area contributed by atoms with Gasteiger partial charge in [-0.15, -0.1) is 0 Å². The summed E-state index contributed by atoms with van der Waals surface area (Å²) in [5, 5.41) is 14.5. The Morgan fingerprint density at radius 1 is 1.29 bits per heavy atom. The van der Waals surface area contributed by atoms with E-state index in [4.69, 9.17) is 15.2 Å². The zero-order chi connectivity index (χ0) is 23.0. The van der Waals surface area contributed by atoms with E-state index in [0.29, 0.717) is 29.3 Å². The van der Waals surface area contributed by atoms with Gasteiger partial charge in [-0.05, 0) is 38.1 Å². The summed E-state index contributed by atoms with van der Waals surface area (Å²) in [7, 11) is 1.25. The predicted octanol–water partition coefficient (Wildman–Crippen LogP) is 2.63. The average Bonchev–Trinajstić information content (AvgIpc) is 2.75. The molecule has 2 rings (SSSR count). The van der Waals surface area contributed by atoms with Crippen molar-refractivity contribution >= 4 is 29.4 Å². The second kappa shape index (κ2) is 11.5. The Morgan fingerprint density at radius 3 is 2.65 bits per heavy atom. The zero-order valence-corrected chi connectivity index (χ0v) is 18.6. The Morgan fingerprint density at radius 2 is 2.03 bits per heavy atom. The van der Waals surface area contributed by atoms with Crippen molar-refractivity contribution in [3.63, 3.8) is 0 Å². The minimum atomic E-state index is -0.863. The number of rotatable bonds is 10. The molecule has 0 spiro atoms. The number of nitro groups is 1. The van der Waals surface area contributed by atoms with Crippen LogP contribution < -0.4 is 11.1 Å².